The van der Waals surface area contributed by atoms with Crippen molar-refractivity contribution in [3.8, 4) is 5.75 Å². The van der Waals surface area contributed by atoms with Crippen LogP contribution in [0.25, 0.3) is 0 Å². The van der Waals surface area contributed by atoms with Gasteiger partial charge in [-0.2, -0.15) is 0 Å². The number of hydrogen-bond acceptors (Lipinski definition) is 2. The van der Waals surface area contributed by atoms with Crippen LogP contribution in [0.1, 0.15) is 24.1 Å². The maximum atomic E-state index is 13.3. The fourth-order valence-corrected chi connectivity index (χ4v) is 2.07. The third-order valence-electron chi connectivity index (χ3n) is 3.35. The number of nitrogens with one attached hydrogen (secondary N) is 2. The fraction of sp³-hybridized carbons (Fsp3) is 0.235. The highest BCUT2D eigenvalue weighted by molar-refractivity contribution is 5.80. The van der Waals surface area contributed by atoms with E-state index in [0.29, 0.717) is 12.5 Å². The lowest BCUT2D eigenvalue weighted by Gasteiger charge is -2.18. The summed E-state index contributed by atoms with van der Waals surface area (Å²) < 4.78 is 13.3. The first-order valence-corrected chi connectivity index (χ1v) is 7.09. The molecule has 1 atom stereocenters. The molecule has 4 nitrogen and oxygen atoms in total. The quantitative estimate of drug-likeness (QED) is 0.601. The zero-order valence-corrected chi connectivity index (χ0v) is 12.7. The predicted octanol–water partition coefficient (Wildman–Crippen LogP) is 2.96. The maximum Gasteiger partial charge on any atom is 0.191 e. The summed E-state index contributed by atoms with van der Waals surface area (Å²) in [5.74, 6) is -0.339. The highest BCUT2D eigenvalue weighted by Crippen LogP contribution is 2.16. The summed E-state index contributed by atoms with van der Waals surface area (Å²) in [7, 11) is 1.68. The van der Waals surface area contributed by atoms with E-state index in [4.69, 9.17) is 0 Å². The molecule has 22 heavy (non-hydrogen) atoms. The Kier molecular flexibility index (Phi) is 5.36. The second-order valence-electron chi connectivity index (χ2n) is 4.99. The lowest BCUT2D eigenvalue weighted by molar-refractivity contribution is 0.431. The van der Waals surface area contributed by atoms with Crippen LogP contribution in [0, 0.1) is 5.82 Å². The van der Waals surface area contributed by atoms with E-state index in [1.54, 1.807) is 13.1 Å². The topological polar surface area (TPSA) is 56.7 Å². The van der Waals surface area contributed by atoms with Gasteiger partial charge < -0.3 is 15.7 Å². The van der Waals surface area contributed by atoms with Crippen molar-refractivity contribution in [1.29, 1.82) is 0 Å². The fourth-order valence-electron chi connectivity index (χ4n) is 2.07. The van der Waals surface area contributed by atoms with Crippen LogP contribution >= 0.6 is 0 Å². The van der Waals surface area contributed by atoms with E-state index >= 15 is 0 Å². The molecular weight excluding hydrogens is 281 g/mol. The molecule has 2 aromatic rings. The highest BCUT2D eigenvalue weighted by Gasteiger charge is 2.07. The Morgan fingerprint density at radius 3 is 2.59 bits per heavy atom. The minimum absolute atomic E-state index is 0.101. The van der Waals surface area contributed by atoms with Gasteiger partial charge in [-0.15, -0.1) is 0 Å². The van der Waals surface area contributed by atoms with Crippen molar-refractivity contribution >= 4 is 5.96 Å². The SMILES string of the molecule is CN=C(NCc1ccc(O)c(F)c1)NC(C)c1ccccc1. The monoisotopic (exact) mass is 301 g/mol. The molecule has 0 spiro atoms. The molecule has 0 amide bonds. The van der Waals surface area contributed by atoms with E-state index in [2.05, 4.69) is 15.6 Å². The van der Waals surface area contributed by atoms with Crippen LogP contribution in [0.15, 0.2) is 53.5 Å². The normalized spacial score (nSPS) is 12.8. The molecule has 0 bridgehead atoms. The van der Waals surface area contributed by atoms with E-state index in [1.807, 2.05) is 37.3 Å². The zero-order chi connectivity index (χ0) is 15.9. The molecule has 0 saturated carbocycles. The number of aromatic hydroxyl groups is 1. The molecule has 2 rings (SSSR count). The first kappa shape index (κ1) is 15.8. The van der Waals surface area contributed by atoms with Gasteiger partial charge in [0, 0.05) is 13.6 Å². The van der Waals surface area contributed by atoms with Gasteiger partial charge in [0.15, 0.2) is 17.5 Å². The summed E-state index contributed by atoms with van der Waals surface area (Å²) in [5, 5.41) is 15.6. The summed E-state index contributed by atoms with van der Waals surface area (Å²) in [5.41, 5.74) is 1.88. The lowest BCUT2D eigenvalue weighted by Crippen LogP contribution is -2.38. The number of nitrogens with zero attached hydrogens (tertiary/aromatic N) is 1. The van der Waals surface area contributed by atoms with Gasteiger partial charge in [0.1, 0.15) is 0 Å². The number of benzene rings is 2. The smallest absolute Gasteiger partial charge is 0.191 e. The Hall–Kier alpha value is -2.56. The van der Waals surface area contributed by atoms with Crippen molar-refractivity contribution in [2.75, 3.05) is 7.05 Å². The second kappa shape index (κ2) is 7.45. The van der Waals surface area contributed by atoms with Gasteiger partial charge in [-0.05, 0) is 30.2 Å². The van der Waals surface area contributed by atoms with Gasteiger partial charge in [0.25, 0.3) is 0 Å². The summed E-state index contributed by atoms with van der Waals surface area (Å²) >= 11 is 0. The molecule has 0 saturated heterocycles. The molecule has 1 unspecified atom stereocenters. The third kappa shape index (κ3) is 4.22. The van der Waals surface area contributed by atoms with Gasteiger partial charge >= 0.3 is 0 Å². The minimum atomic E-state index is -0.625. The first-order valence-electron chi connectivity index (χ1n) is 7.09. The molecule has 0 heterocycles. The largest absolute Gasteiger partial charge is 0.505 e. The average molecular weight is 301 g/mol. The highest BCUT2D eigenvalue weighted by atomic mass is 19.1. The minimum Gasteiger partial charge on any atom is -0.505 e. The summed E-state index contributed by atoms with van der Waals surface area (Å²) in [6.45, 7) is 2.46. The number of guanidine groups is 1. The molecule has 0 aliphatic heterocycles. The van der Waals surface area contributed by atoms with E-state index in [-0.39, 0.29) is 11.8 Å². The average Bonchev–Trinajstić information content (AvgIpc) is 2.55. The Bertz CT molecular complexity index is 644. The van der Waals surface area contributed by atoms with Gasteiger partial charge in [0.05, 0.1) is 6.04 Å². The Balaban J connectivity index is 1.94. The lowest BCUT2D eigenvalue weighted by atomic mass is 10.1. The van der Waals surface area contributed by atoms with Crippen LogP contribution in [0.5, 0.6) is 5.75 Å². The molecule has 0 fully saturated rings. The van der Waals surface area contributed by atoms with Crippen molar-refractivity contribution in [2.45, 2.75) is 19.5 Å². The van der Waals surface area contributed by atoms with Crippen molar-refractivity contribution in [2.24, 2.45) is 4.99 Å². The van der Waals surface area contributed by atoms with E-state index in [0.717, 1.165) is 11.1 Å². The maximum absolute atomic E-state index is 13.3. The van der Waals surface area contributed by atoms with Crippen LogP contribution in [0.3, 0.4) is 0 Å². The molecule has 3 N–H and O–H groups in total. The molecule has 116 valence electrons. The van der Waals surface area contributed by atoms with Gasteiger partial charge in [0.2, 0.25) is 0 Å². The van der Waals surface area contributed by atoms with E-state index in [1.165, 1.54) is 12.1 Å². The molecule has 5 heteroatoms. The summed E-state index contributed by atoms with van der Waals surface area (Å²) in [6.07, 6.45) is 0. The van der Waals surface area contributed by atoms with Gasteiger partial charge in [-0.1, -0.05) is 36.4 Å². The van der Waals surface area contributed by atoms with Crippen LogP contribution in [0.2, 0.25) is 0 Å². The molecule has 0 radical (unpaired) electrons. The zero-order valence-electron chi connectivity index (χ0n) is 12.7. The van der Waals surface area contributed by atoms with Crippen molar-refractivity contribution < 1.29 is 9.50 Å². The van der Waals surface area contributed by atoms with Gasteiger partial charge in [-0.25, -0.2) is 4.39 Å². The van der Waals surface area contributed by atoms with Crippen LogP contribution < -0.4 is 10.6 Å². The number of phenolic OH excluding ortho intramolecular Hbond substituents is 1. The molecule has 0 aliphatic carbocycles. The predicted molar refractivity (Wildman–Crippen MR) is 86.3 cm³/mol. The van der Waals surface area contributed by atoms with Crippen LogP contribution in [-0.4, -0.2) is 18.1 Å². The van der Waals surface area contributed by atoms with E-state index < -0.39 is 5.82 Å². The standard InChI is InChI=1S/C17H20FN3O/c1-12(14-6-4-3-5-7-14)21-17(19-2)20-11-13-8-9-16(22)15(18)10-13/h3-10,12,22H,11H2,1-2H3,(H2,19,20,21). The number of rotatable bonds is 4. The number of phenols is 1. The molecular formula is C17H20FN3O. The number of hydrogen-bond donors (Lipinski definition) is 3. The van der Waals surface area contributed by atoms with Crippen molar-refractivity contribution in [1.82, 2.24) is 10.6 Å². The second-order valence-corrected chi connectivity index (χ2v) is 4.99. The summed E-state index contributed by atoms with van der Waals surface area (Å²) in [4.78, 5) is 4.16. The van der Waals surface area contributed by atoms with Crippen molar-refractivity contribution in [3.63, 3.8) is 0 Å². The number of aliphatic imine (C=N–C) groups is 1. The van der Waals surface area contributed by atoms with Gasteiger partial charge in [-0.3, -0.25) is 4.99 Å². The Morgan fingerprint density at radius 2 is 1.95 bits per heavy atom. The molecule has 2 aromatic carbocycles. The van der Waals surface area contributed by atoms with Crippen LogP contribution in [-0.2, 0) is 6.54 Å². The van der Waals surface area contributed by atoms with Crippen LogP contribution in [0.4, 0.5) is 4.39 Å². The third-order valence-corrected chi connectivity index (χ3v) is 3.35. The summed E-state index contributed by atoms with van der Waals surface area (Å²) in [6, 6.07) is 14.4. The number of halogens is 1. The molecule has 0 aliphatic rings. The first-order chi connectivity index (χ1) is 10.6. The van der Waals surface area contributed by atoms with Crippen molar-refractivity contribution in [3.05, 3.63) is 65.5 Å². The molecule has 0 aromatic heterocycles. The Labute approximate surface area is 129 Å². The van der Waals surface area contributed by atoms with E-state index in [9.17, 15) is 9.50 Å². The Morgan fingerprint density at radius 1 is 1.23 bits per heavy atom.